The van der Waals surface area contributed by atoms with Crippen LogP contribution in [0.3, 0.4) is 0 Å². The number of aromatic nitrogens is 2. The third kappa shape index (κ3) is 2.94. The van der Waals surface area contributed by atoms with Crippen LogP contribution in [0.25, 0.3) is 0 Å². The molecule has 2 rings (SSSR count). The summed E-state index contributed by atoms with van der Waals surface area (Å²) in [6.07, 6.45) is 3.72. The number of rotatable bonds is 6. The molecule has 22 heavy (non-hydrogen) atoms. The predicted molar refractivity (Wildman–Crippen MR) is 85.1 cm³/mol. The second-order valence-electron chi connectivity index (χ2n) is 6.43. The molecule has 1 aliphatic rings. The van der Waals surface area contributed by atoms with Crippen molar-refractivity contribution in [1.82, 2.24) is 14.5 Å². The fourth-order valence-electron chi connectivity index (χ4n) is 3.40. The second kappa shape index (κ2) is 6.29. The molecule has 1 saturated carbocycles. The van der Waals surface area contributed by atoms with Gasteiger partial charge in [-0.05, 0) is 25.7 Å². The molecule has 1 heterocycles. The van der Waals surface area contributed by atoms with Gasteiger partial charge in [0.15, 0.2) is 0 Å². The van der Waals surface area contributed by atoms with Crippen LogP contribution in [0.4, 0.5) is 0 Å². The van der Waals surface area contributed by atoms with Crippen molar-refractivity contribution in [3.63, 3.8) is 0 Å². The number of aliphatic hydroxyl groups is 1. The van der Waals surface area contributed by atoms with E-state index >= 15 is 0 Å². The van der Waals surface area contributed by atoms with Crippen molar-refractivity contribution < 1.29 is 13.5 Å². The van der Waals surface area contributed by atoms with E-state index in [1.54, 1.807) is 11.7 Å². The average Bonchev–Trinajstić information content (AvgIpc) is 2.99. The number of hydrogen-bond acceptors (Lipinski definition) is 4. The van der Waals surface area contributed by atoms with Gasteiger partial charge in [-0.2, -0.15) is 5.10 Å². The van der Waals surface area contributed by atoms with Gasteiger partial charge in [-0.15, -0.1) is 0 Å². The summed E-state index contributed by atoms with van der Waals surface area (Å²) in [5.41, 5.74) is 0.956. The van der Waals surface area contributed by atoms with E-state index in [-0.39, 0.29) is 18.1 Å². The highest BCUT2D eigenvalue weighted by Gasteiger charge is 2.41. The van der Waals surface area contributed by atoms with Gasteiger partial charge in [-0.1, -0.05) is 27.2 Å². The molecular weight excluding hydrogens is 302 g/mol. The maximum absolute atomic E-state index is 12.9. The Bertz CT molecular complexity index is 639. The van der Waals surface area contributed by atoms with E-state index < -0.39 is 10.0 Å². The molecule has 0 unspecified atom stereocenters. The first kappa shape index (κ1) is 17.4. The number of nitrogens with zero attached hydrogens (tertiary/aromatic N) is 2. The lowest BCUT2D eigenvalue weighted by Crippen LogP contribution is -2.45. The summed E-state index contributed by atoms with van der Waals surface area (Å²) < 4.78 is 30.3. The van der Waals surface area contributed by atoms with E-state index in [0.717, 1.165) is 25.0 Å². The van der Waals surface area contributed by atoms with Crippen LogP contribution in [-0.4, -0.2) is 36.0 Å². The van der Waals surface area contributed by atoms with Crippen molar-refractivity contribution in [3.8, 4) is 0 Å². The first-order valence-electron chi connectivity index (χ1n) is 7.97. The van der Waals surface area contributed by atoms with Gasteiger partial charge in [0.2, 0.25) is 10.0 Å². The highest BCUT2D eigenvalue weighted by molar-refractivity contribution is 7.89. The molecule has 6 nitrogen and oxygen atoms in total. The Hall–Kier alpha value is -0.920. The molecule has 1 aromatic rings. The van der Waals surface area contributed by atoms with Crippen LogP contribution in [0.1, 0.15) is 51.4 Å². The molecule has 0 saturated heterocycles. The van der Waals surface area contributed by atoms with Crippen LogP contribution >= 0.6 is 0 Å². The SMILES string of the molecule is CCc1nn(C)c(CC)c1S(=O)(=O)N[C@@H]1CCC[C@@]1(C)CO. The van der Waals surface area contributed by atoms with Crippen LogP contribution in [0.2, 0.25) is 0 Å². The Labute approximate surface area is 133 Å². The molecule has 7 heteroatoms. The zero-order valence-electron chi connectivity index (χ0n) is 13.9. The highest BCUT2D eigenvalue weighted by atomic mass is 32.2. The summed E-state index contributed by atoms with van der Waals surface area (Å²) in [5, 5.41) is 14.0. The highest BCUT2D eigenvalue weighted by Crippen LogP contribution is 2.38. The minimum absolute atomic E-state index is 0.00546. The Balaban J connectivity index is 2.39. The molecule has 1 aliphatic carbocycles. The van der Waals surface area contributed by atoms with E-state index in [9.17, 15) is 13.5 Å². The summed E-state index contributed by atoms with van der Waals surface area (Å²) in [6.45, 7) is 5.78. The molecule has 0 radical (unpaired) electrons. The van der Waals surface area contributed by atoms with Gasteiger partial charge in [0, 0.05) is 25.1 Å². The van der Waals surface area contributed by atoms with E-state index in [1.165, 1.54) is 0 Å². The quantitative estimate of drug-likeness (QED) is 0.826. The van der Waals surface area contributed by atoms with Gasteiger partial charge in [-0.3, -0.25) is 4.68 Å². The van der Waals surface area contributed by atoms with Crippen LogP contribution in [0.15, 0.2) is 4.90 Å². The van der Waals surface area contributed by atoms with Crippen LogP contribution in [-0.2, 0) is 29.9 Å². The largest absolute Gasteiger partial charge is 0.396 e. The third-order valence-electron chi connectivity index (χ3n) is 4.86. The summed E-state index contributed by atoms with van der Waals surface area (Å²) in [6, 6.07) is -0.225. The van der Waals surface area contributed by atoms with Crippen LogP contribution in [0.5, 0.6) is 0 Å². The average molecular weight is 329 g/mol. The van der Waals surface area contributed by atoms with E-state index in [1.807, 2.05) is 20.8 Å². The molecule has 1 aromatic heterocycles. The minimum atomic E-state index is -3.63. The molecule has 2 atom stereocenters. The Morgan fingerprint density at radius 2 is 2.09 bits per heavy atom. The van der Waals surface area contributed by atoms with Crippen molar-refractivity contribution in [3.05, 3.63) is 11.4 Å². The van der Waals surface area contributed by atoms with E-state index in [2.05, 4.69) is 9.82 Å². The fourth-order valence-corrected chi connectivity index (χ4v) is 5.38. The van der Waals surface area contributed by atoms with Gasteiger partial charge < -0.3 is 5.11 Å². The van der Waals surface area contributed by atoms with Crippen LogP contribution < -0.4 is 4.72 Å². The van der Waals surface area contributed by atoms with E-state index in [4.69, 9.17) is 0 Å². The maximum atomic E-state index is 12.9. The minimum Gasteiger partial charge on any atom is -0.396 e. The van der Waals surface area contributed by atoms with Gasteiger partial charge in [-0.25, -0.2) is 13.1 Å². The van der Waals surface area contributed by atoms with Crippen LogP contribution in [0, 0.1) is 5.41 Å². The Kier molecular flexibility index (Phi) is 4.99. The van der Waals surface area contributed by atoms with Crippen molar-refractivity contribution in [2.45, 2.75) is 63.8 Å². The molecular formula is C15H27N3O3S. The van der Waals surface area contributed by atoms with Gasteiger partial charge >= 0.3 is 0 Å². The number of aryl methyl sites for hydroxylation is 2. The Morgan fingerprint density at radius 3 is 2.64 bits per heavy atom. The number of sulfonamides is 1. The Morgan fingerprint density at radius 1 is 1.41 bits per heavy atom. The molecule has 2 N–H and O–H groups in total. The van der Waals surface area contributed by atoms with E-state index in [0.29, 0.717) is 23.4 Å². The molecule has 0 amide bonds. The normalized spacial score (nSPS) is 25.8. The number of aliphatic hydroxyl groups excluding tert-OH is 1. The smallest absolute Gasteiger partial charge is 0.244 e. The molecule has 0 spiro atoms. The van der Waals surface area contributed by atoms with Crippen molar-refractivity contribution in [1.29, 1.82) is 0 Å². The molecule has 1 fully saturated rings. The molecule has 0 aromatic carbocycles. The topological polar surface area (TPSA) is 84.2 Å². The van der Waals surface area contributed by atoms with Crippen molar-refractivity contribution in [2.75, 3.05) is 6.61 Å². The summed E-state index contributed by atoms with van der Waals surface area (Å²) in [4.78, 5) is 0.326. The second-order valence-corrected chi connectivity index (χ2v) is 8.08. The maximum Gasteiger partial charge on any atom is 0.244 e. The lowest BCUT2D eigenvalue weighted by Gasteiger charge is -2.30. The molecule has 0 bridgehead atoms. The molecule has 126 valence electrons. The summed E-state index contributed by atoms with van der Waals surface area (Å²) in [7, 11) is -1.85. The molecule has 0 aliphatic heterocycles. The fraction of sp³-hybridized carbons (Fsp3) is 0.800. The number of hydrogen-bond donors (Lipinski definition) is 2. The third-order valence-corrected chi connectivity index (χ3v) is 6.47. The monoisotopic (exact) mass is 329 g/mol. The first-order chi connectivity index (χ1) is 10.3. The first-order valence-corrected chi connectivity index (χ1v) is 9.45. The number of nitrogens with one attached hydrogen (secondary N) is 1. The zero-order valence-corrected chi connectivity index (χ0v) is 14.7. The summed E-state index contributed by atoms with van der Waals surface area (Å²) >= 11 is 0. The summed E-state index contributed by atoms with van der Waals surface area (Å²) in [5.74, 6) is 0. The van der Waals surface area contributed by atoms with Gasteiger partial charge in [0.1, 0.15) is 4.90 Å². The van der Waals surface area contributed by atoms with Crippen molar-refractivity contribution >= 4 is 10.0 Å². The lowest BCUT2D eigenvalue weighted by atomic mass is 9.86. The predicted octanol–water partition coefficient (Wildman–Crippen LogP) is 1.37. The zero-order chi connectivity index (χ0) is 16.5. The van der Waals surface area contributed by atoms with Gasteiger partial charge in [0.25, 0.3) is 0 Å². The lowest BCUT2D eigenvalue weighted by molar-refractivity contribution is 0.127. The van der Waals surface area contributed by atoms with Gasteiger partial charge in [0.05, 0.1) is 11.4 Å². The standard InChI is InChI=1S/C15H27N3O3S/c1-5-11-14(12(6-2)18(4)16-11)22(20,21)17-13-8-7-9-15(13,3)10-19/h13,17,19H,5-10H2,1-4H3/t13-,15+/m1/s1. The van der Waals surface area contributed by atoms with Crippen molar-refractivity contribution in [2.24, 2.45) is 12.5 Å².